The Hall–Kier alpha value is -2.60. The molecular weight excluding hydrogens is 342 g/mol. The van der Waals surface area contributed by atoms with E-state index in [-0.39, 0.29) is 18.1 Å². The summed E-state index contributed by atoms with van der Waals surface area (Å²) in [5.74, 6) is 1.75. The van der Waals surface area contributed by atoms with Crippen LogP contribution in [-0.4, -0.2) is 47.6 Å². The minimum Gasteiger partial charge on any atom is -0.486 e. The van der Waals surface area contributed by atoms with Crippen molar-refractivity contribution in [2.75, 3.05) is 19.7 Å². The number of ether oxygens (including phenoxy) is 2. The van der Waals surface area contributed by atoms with Crippen LogP contribution in [0.15, 0.2) is 48.8 Å². The van der Waals surface area contributed by atoms with Gasteiger partial charge in [-0.3, -0.25) is 9.78 Å². The molecule has 6 nitrogen and oxygen atoms in total. The van der Waals surface area contributed by atoms with Crippen LogP contribution >= 0.6 is 0 Å². The van der Waals surface area contributed by atoms with E-state index in [1.165, 1.54) is 5.56 Å². The standard InChI is InChI=1S/C21H25N3O3/c25-21-8-7-17(9-11-23-13-16-4-3-10-22-12-16)24(21)14-18-15-26-19-5-1-2-6-20(19)27-18/h1-6,10,12,17-18,23H,7-9,11,13-15H2/t17-,18+/m0/s1. The molecule has 2 aliphatic heterocycles. The minimum absolute atomic E-state index is 0.118. The molecule has 3 heterocycles. The van der Waals surface area contributed by atoms with Crippen LogP contribution in [-0.2, 0) is 11.3 Å². The average Bonchev–Trinajstić information content (AvgIpc) is 3.05. The molecule has 1 aromatic heterocycles. The van der Waals surface area contributed by atoms with Gasteiger partial charge >= 0.3 is 0 Å². The van der Waals surface area contributed by atoms with Crippen LogP contribution < -0.4 is 14.8 Å². The van der Waals surface area contributed by atoms with Gasteiger partial charge in [-0.2, -0.15) is 0 Å². The molecule has 27 heavy (non-hydrogen) atoms. The summed E-state index contributed by atoms with van der Waals surface area (Å²) in [7, 11) is 0. The first-order valence-corrected chi connectivity index (χ1v) is 9.57. The Morgan fingerprint density at radius 3 is 2.93 bits per heavy atom. The molecule has 0 radical (unpaired) electrons. The van der Waals surface area contributed by atoms with E-state index in [2.05, 4.69) is 16.4 Å². The first-order valence-electron chi connectivity index (χ1n) is 9.57. The second kappa shape index (κ2) is 8.39. The fraction of sp³-hybridized carbons (Fsp3) is 0.429. The third-order valence-corrected chi connectivity index (χ3v) is 5.13. The average molecular weight is 367 g/mol. The summed E-state index contributed by atoms with van der Waals surface area (Å²) < 4.78 is 11.8. The number of amides is 1. The Morgan fingerprint density at radius 2 is 2.07 bits per heavy atom. The van der Waals surface area contributed by atoms with Crippen molar-refractivity contribution in [1.82, 2.24) is 15.2 Å². The summed E-state index contributed by atoms with van der Waals surface area (Å²) in [6, 6.07) is 11.9. The molecule has 2 aliphatic rings. The van der Waals surface area contributed by atoms with E-state index in [0.29, 0.717) is 19.6 Å². The highest BCUT2D eigenvalue weighted by Crippen LogP contribution is 2.32. The summed E-state index contributed by atoms with van der Waals surface area (Å²) >= 11 is 0. The molecule has 0 bridgehead atoms. The van der Waals surface area contributed by atoms with Crippen molar-refractivity contribution < 1.29 is 14.3 Å². The van der Waals surface area contributed by atoms with Gasteiger partial charge in [-0.15, -0.1) is 0 Å². The molecule has 1 amide bonds. The highest BCUT2D eigenvalue weighted by atomic mass is 16.6. The van der Waals surface area contributed by atoms with E-state index in [1.54, 1.807) is 6.20 Å². The highest BCUT2D eigenvalue weighted by molar-refractivity contribution is 5.78. The number of rotatable bonds is 7. The smallest absolute Gasteiger partial charge is 0.223 e. The first-order chi connectivity index (χ1) is 13.3. The van der Waals surface area contributed by atoms with Gasteiger partial charge in [0.15, 0.2) is 17.6 Å². The Kier molecular flexibility index (Phi) is 5.53. The Bertz CT molecular complexity index is 768. The summed E-state index contributed by atoms with van der Waals surface area (Å²) in [5.41, 5.74) is 1.17. The second-order valence-electron chi connectivity index (χ2n) is 7.06. The van der Waals surface area contributed by atoms with Crippen LogP contribution in [0.5, 0.6) is 11.5 Å². The maximum absolute atomic E-state index is 12.4. The Labute approximate surface area is 159 Å². The molecule has 0 aliphatic carbocycles. The zero-order valence-electron chi connectivity index (χ0n) is 15.3. The van der Waals surface area contributed by atoms with E-state index in [1.807, 2.05) is 41.4 Å². The van der Waals surface area contributed by atoms with Crippen LogP contribution in [0, 0.1) is 0 Å². The van der Waals surface area contributed by atoms with Gasteiger partial charge in [0.2, 0.25) is 5.91 Å². The molecule has 142 valence electrons. The SMILES string of the molecule is O=C1CC[C@@H](CCNCc2cccnc2)N1C[C@@H]1COc2ccccc2O1. The number of nitrogens with one attached hydrogen (secondary N) is 1. The molecule has 1 fully saturated rings. The molecule has 1 aromatic carbocycles. The zero-order chi connectivity index (χ0) is 18.5. The predicted molar refractivity (Wildman–Crippen MR) is 102 cm³/mol. The lowest BCUT2D eigenvalue weighted by Crippen LogP contribution is -2.45. The summed E-state index contributed by atoms with van der Waals surface area (Å²) in [6.45, 7) is 2.73. The van der Waals surface area contributed by atoms with E-state index >= 15 is 0 Å². The Morgan fingerprint density at radius 1 is 1.19 bits per heavy atom. The number of para-hydroxylation sites is 2. The normalized spacial score (nSPS) is 21.5. The molecule has 6 heteroatoms. The van der Waals surface area contributed by atoms with Gasteiger partial charge in [0.05, 0.1) is 6.54 Å². The molecule has 2 aromatic rings. The number of carbonyl (C=O) groups is 1. The summed E-state index contributed by atoms with van der Waals surface area (Å²) in [5, 5.41) is 3.45. The maximum Gasteiger partial charge on any atom is 0.223 e. The van der Waals surface area contributed by atoms with Crippen molar-refractivity contribution in [3.05, 3.63) is 54.4 Å². The number of benzene rings is 1. The largest absolute Gasteiger partial charge is 0.486 e. The molecule has 0 spiro atoms. The quantitative estimate of drug-likeness (QED) is 0.762. The van der Waals surface area contributed by atoms with Gasteiger partial charge in [-0.25, -0.2) is 0 Å². The van der Waals surface area contributed by atoms with Crippen molar-refractivity contribution in [2.24, 2.45) is 0 Å². The van der Waals surface area contributed by atoms with E-state index < -0.39 is 0 Å². The number of hydrogen-bond acceptors (Lipinski definition) is 5. The van der Waals surface area contributed by atoms with Gasteiger partial charge in [-0.05, 0) is 43.1 Å². The third kappa shape index (κ3) is 4.39. The number of carbonyl (C=O) groups excluding carboxylic acids is 1. The lowest BCUT2D eigenvalue weighted by Gasteiger charge is -2.32. The molecule has 1 saturated heterocycles. The number of hydrogen-bond donors (Lipinski definition) is 1. The van der Waals surface area contributed by atoms with Crippen LogP contribution in [0.25, 0.3) is 0 Å². The van der Waals surface area contributed by atoms with Crippen molar-refractivity contribution in [1.29, 1.82) is 0 Å². The molecule has 0 unspecified atom stereocenters. The van der Waals surface area contributed by atoms with Crippen LogP contribution in [0.1, 0.15) is 24.8 Å². The van der Waals surface area contributed by atoms with E-state index in [9.17, 15) is 4.79 Å². The number of aromatic nitrogens is 1. The Balaban J connectivity index is 1.27. The minimum atomic E-state index is -0.118. The van der Waals surface area contributed by atoms with Crippen LogP contribution in [0.4, 0.5) is 0 Å². The number of nitrogens with zero attached hydrogens (tertiary/aromatic N) is 2. The van der Waals surface area contributed by atoms with Gasteiger partial charge < -0.3 is 19.7 Å². The number of fused-ring (bicyclic) bond motifs is 1. The van der Waals surface area contributed by atoms with Gasteiger partial charge in [-0.1, -0.05) is 18.2 Å². The topological polar surface area (TPSA) is 63.7 Å². The molecule has 0 saturated carbocycles. The van der Waals surface area contributed by atoms with Crippen molar-refractivity contribution in [3.63, 3.8) is 0 Å². The second-order valence-corrected chi connectivity index (χ2v) is 7.06. The third-order valence-electron chi connectivity index (χ3n) is 5.13. The number of pyridine rings is 1. The fourth-order valence-corrected chi connectivity index (χ4v) is 3.72. The maximum atomic E-state index is 12.4. The molecule has 1 N–H and O–H groups in total. The lowest BCUT2D eigenvalue weighted by atomic mass is 10.1. The van der Waals surface area contributed by atoms with E-state index in [4.69, 9.17) is 9.47 Å². The number of likely N-dealkylation sites (tertiary alicyclic amines) is 1. The van der Waals surface area contributed by atoms with Crippen molar-refractivity contribution in [3.8, 4) is 11.5 Å². The van der Waals surface area contributed by atoms with Crippen molar-refractivity contribution >= 4 is 5.91 Å². The van der Waals surface area contributed by atoms with Gasteiger partial charge in [0, 0.05) is 31.4 Å². The fourth-order valence-electron chi connectivity index (χ4n) is 3.72. The van der Waals surface area contributed by atoms with Crippen molar-refractivity contribution in [2.45, 2.75) is 38.0 Å². The summed E-state index contributed by atoms with van der Waals surface area (Å²) in [6.07, 6.45) is 6.01. The van der Waals surface area contributed by atoms with Crippen LogP contribution in [0.2, 0.25) is 0 Å². The van der Waals surface area contributed by atoms with E-state index in [0.717, 1.165) is 37.4 Å². The van der Waals surface area contributed by atoms with Crippen LogP contribution in [0.3, 0.4) is 0 Å². The van der Waals surface area contributed by atoms with Gasteiger partial charge in [0.1, 0.15) is 6.61 Å². The van der Waals surface area contributed by atoms with Gasteiger partial charge in [0.25, 0.3) is 0 Å². The zero-order valence-corrected chi connectivity index (χ0v) is 15.3. The molecule has 4 rings (SSSR count). The molecule has 2 atom stereocenters. The first kappa shape index (κ1) is 17.8. The molecular formula is C21H25N3O3. The summed E-state index contributed by atoms with van der Waals surface area (Å²) in [4.78, 5) is 18.5. The highest BCUT2D eigenvalue weighted by Gasteiger charge is 2.34. The predicted octanol–water partition coefficient (Wildman–Crippen LogP) is 2.39. The lowest BCUT2D eigenvalue weighted by molar-refractivity contribution is -0.130. The monoisotopic (exact) mass is 367 g/mol.